The number of piperidine rings is 1. The number of hydrogen-bond acceptors (Lipinski definition) is 3. The zero-order valence-electron chi connectivity index (χ0n) is 8.79. The molecule has 0 aliphatic carbocycles. The van der Waals surface area contributed by atoms with Gasteiger partial charge < -0.3 is 15.3 Å². The summed E-state index contributed by atoms with van der Waals surface area (Å²) in [5.41, 5.74) is 0. The van der Waals surface area contributed by atoms with Crippen LogP contribution >= 0.6 is 0 Å². The Morgan fingerprint density at radius 3 is 2.62 bits per heavy atom. The van der Waals surface area contributed by atoms with Gasteiger partial charge in [0, 0.05) is 19.6 Å². The molecule has 0 saturated carbocycles. The third-order valence-electron chi connectivity index (χ3n) is 2.68. The lowest BCUT2D eigenvalue weighted by molar-refractivity contribution is 0.0761. The molecule has 13 heavy (non-hydrogen) atoms. The first kappa shape index (κ1) is 11.0. The Labute approximate surface area is 81.1 Å². The third kappa shape index (κ3) is 4.07. The predicted octanol–water partition coefficient (Wildman–Crippen LogP) is 0.299. The van der Waals surface area contributed by atoms with Gasteiger partial charge in [-0.1, -0.05) is 6.92 Å². The Morgan fingerprint density at radius 1 is 1.46 bits per heavy atom. The Hall–Kier alpha value is -0.120. The van der Waals surface area contributed by atoms with Crippen LogP contribution in [0.5, 0.6) is 0 Å². The summed E-state index contributed by atoms with van der Waals surface area (Å²) in [6, 6.07) is 0. The van der Waals surface area contributed by atoms with Crippen LogP contribution in [0.1, 0.15) is 19.8 Å². The number of aliphatic hydroxyl groups excluding tert-OH is 1. The molecule has 3 heteroatoms. The molecule has 1 heterocycles. The molecule has 0 amide bonds. The van der Waals surface area contributed by atoms with Crippen LogP contribution in [-0.4, -0.2) is 49.3 Å². The first-order valence-corrected chi connectivity index (χ1v) is 5.27. The van der Waals surface area contributed by atoms with Crippen molar-refractivity contribution in [2.24, 2.45) is 5.92 Å². The fourth-order valence-corrected chi connectivity index (χ4v) is 1.96. The summed E-state index contributed by atoms with van der Waals surface area (Å²) in [7, 11) is 2.00. The zero-order chi connectivity index (χ0) is 9.68. The molecule has 1 aliphatic rings. The maximum atomic E-state index is 9.33. The van der Waals surface area contributed by atoms with Gasteiger partial charge in [-0.05, 0) is 32.4 Å². The summed E-state index contributed by atoms with van der Waals surface area (Å²) >= 11 is 0. The molecule has 0 radical (unpaired) electrons. The van der Waals surface area contributed by atoms with E-state index in [1.54, 1.807) is 0 Å². The van der Waals surface area contributed by atoms with Crippen molar-refractivity contribution in [1.82, 2.24) is 10.2 Å². The van der Waals surface area contributed by atoms with Crippen LogP contribution < -0.4 is 5.32 Å². The van der Waals surface area contributed by atoms with Crippen LogP contribution in [0.4, 0.5) is 0 Å². The van der Waals surface area contributed by atoms with E-state index in [-0.39, 0.29) is 6.10 Å². The lowest BCUT2D eigenvalue weighted by Gasteiger charge is -2.31. The first-order chi connectivity index (χ1) is 6.22. The van der Waals surface area contributed by atoms with Crippen molar-refractivity contribution in [3.8, 4) is 0 Å². The second kappa shape index (κ2) is 5.58. The van der Waals surface area contributed by atoms with Gasteiger partial charge in [0.1, 0.15) is 0 Å². The van der Waals surface area contributed by atoms with Gasteiger partial charge in [-0.3, -0.25) is 0 Å². The van der Waals surface area contributed by atoms with Crippen LogP contribution in [0.2, 0.25) is 0 Å². The molecule has 78 valence electrons. The average Bonchev–Trinajstić information content (AvgIpc) is 2.09. The highest BCUT2D eigenvalue weighted by Gasteiger charge is 2.17. The second-order valence-corrected chi connectivity index (χ2v) is 4.19. The lowest BCUT2D eigenvalue weighted by Crippen LogP contribution is -2.39. The zero-order valence-corrected chi connectivity index (χ0v) is 8.79. The predicted molar refractivity (Wildman–Crippen MR) is 54.8 cm³/mol. The van der Waals surface area contributed by atoms with Gasteiger partial charge in [0.25, 0.3) is 0 Å². The number of rotatable bonds is 4. The van der Waals surface area contributed by atoms with Crippen molar-refractivity contribution in [2.45, 2.75) is 25.9 Å². The Balaban J connectivity index is 2.14. The second-order valence-electron chi connectivity index (χ2n) is 4.19. The summed E-state index contributed by atoms with van der Waals surface area (Å²) in [5, 5.41) is 12.5. The van der Waals surface area contributed by atoms with Crippen LogP contribution in [0.25, 0.3) is 0 Å². The smallest absolute Gasteiger partial charge is 0.0564 e. The van der Waals surface area contributed by atoms with Crippen LogP contribution in [-0.2, 0) is 0 Å². The van der Waals surface area contributed by atoms with Gasteiger partial charge in [0.05, 0.1) is 6.10 Å². The fraction of sp³-hybridized carbons (Fsp3) is 1.00. The summed E-state index contributed by atoms with van der Waals surface area (Å²) < 4.78 is 0. The van der Waals surface area contributed by atoms with E-state index in [9.17, 15) is 5.11 Å². The van der Waals surface area contributed by atoms with Crippen LogP contribution in [0, 0.1) is 5.92 Å². The monoisotopic (exact) mass is 186 g/mol. The van der Waals surface area contributed by atoms with E-state index < -0.39 is 0 Å². The molecule has 0 aromatic heterocycles. The van der Waals surface area contributed by atoms with Crippen molar-refractivity contribution in [3.05, 3.63) is 0 Å². The van der Waals surface area contributed by atoms with Gasteiger partial charge in [-0.25, -0.2) is 0 Å². The number of likely N-dealkylation sites (tertiary alicyclic amines) is 1. The minimum atomic E-state index is -0.0455. The average molecular weight is 186 g/mol. The molecule has 1 atom stereocenters. The molecule has 0 aromatic carbocycles. The Bertz CT molecular complexity index is 133. The number of nitrogens with zero attached hydrogens (tertiary/aromatic N) is 1. The quantitative estimate of drug-likeness (QED) is 0.663. The normalized spacial score (nSPS) is 23.3. The molecule has 1 unspecified atom stereocenters. The largest absolute Gasteiger partial charge is 0.393 e. The maximum absolute atomic E-state index is 9.33. The van der Waals surface area contributed by atoms with E-state index >= 15 is 0 Å². The van der Waals surface area contributed by atoms with Crippen molar-refractivity contribution < 1.29 is 5.11 Å². The Morgan fingerprint density at radius 2 is 2.08 bits per heavy atom. The summed E-state index contributed by atoms with van der Waals surface area (Å²) in [6.45, 7) is 6.64. The van der Waals surface area contributed by atoms with Gasteiger partial charge in [0.2, 0.25) is 0 Å². The van der Waals surface area contributed by atoms with Crippen molar-refractivity contribution >= 4 is 0 Å². The van der Waals surface area contributed by atoms with E-state index in [1.807, 2.05) is 7.05 Å². The highest BCUT2D eigenvalue weighted by atomic mass is 16.3. The third-order valence-corrected chi connectivity index (χ3v) is 2.68. The molecular weight excluding hydrogens is 164 g/mol. The molecule has 0 bridgehead atoms. The minimum Gasteiger partial charge on any atom is -0.393 e. The van der Waals surface area contributed by atoms with E-state index in [0.717, 1.165) is 39.0 Å². The van der Waals surface area contributed by atoms with Crippen LogP contribution in [0.3, 0.4) is 0 Å². The molecule has 3 nitrogen and oxygen atoms in total. The van der Waals surface area contributed by atoms with Crippen molar-refractivity contribution in [3.63, 3.8) is 0 Å². The lowest BCUT2D eigenvalue weighted by atomic mass is 10.1. The standard InChI is InChI=1S/C10H22N2O/c1-9(7-11-2)8-12-5-3-10(13)4-6-12/h9-11,13H,3-8H2,1-2H3. The number of hydrogen-bond donors (Lipinski definition) is 2. The molecule has 0 aromatic rings. The van der Waals surface area contributed by atoms with E-state index in [0.29, 0.717) is 5.92 Å². The molecule has 1 fully saturated rings. The first-order valence-electron chi connectivity index (χ1n) is 5.27. The highest BCUT2D eigenvalue weighted by molar-refractivity contribution is 4.72. The van der Waals surface area contributed by atoms with E-state index in [1.165, 1.54) is 0 Å². The van der Waals surface area contributed by atoms with Crippen molar-refractivity contribution in [1.29, 1.82) is 0 Å². The van der Waals surface area contributed by atoms with Crippen LogP contribution in [0.15, 0.2) is 0 Å². The highest BCUT2D eigenvalue weighted by Crippen LogP contribution is 2.11. The fourth-order valence-electron chi connectivity index (χ4n) is 1.96. The molecule has 1 aliphatic heterocycles. The SMILES string of the molecule is CNCC(C)CN1CCC(O)CC1. The van der Waals surface area contributed by atoms with Gasteiger partial charge >= 0.3 is 0 Å². The molecule has 1 rings (SSSR count). The van der Waals surface area contributed by atoms with E-state index in [4.69, 9.17) is 0 Å². The summed E-state index contributed by atoms with van der Waals surface area (Å²) in [6.07, 6.45) is 1.86. The van der Waals surface area contributed by atoms with Gasteiger partial charge in [-0.2, -0.15) is 0 Å². The summed E-state index contributed by atoms with van der Waals surface area (Å²) in [5.74, 6) is 0.709. The molecule has 2 N–H and O–H groups in total. The Kier molecular flexibility index (Phi) is 4.70. The number of nitrogens with one attached hydrogen (secondary N) is 1. The molecule has 1 saturated heterocycles. The minimum absolute atomic E-state index is 0.0455. The summed E-state index contributed by atoms with van der Waals surface area (Å²) in [4.78, 5) is 2.45. The van der Waals surface area contributed by atoms with Crippen molar-refractivity contribution in [2.75, 3.05) is 33.2 Å². The maximum Gasteiger partial charge on any atom is 0.0564 e. The molecule has 0 spiro atoms. The topological polar surface area (TPSA) is 35.5 Å². The number of aliphatic hydroxyl groups is 1. The molecular formula is C10H22N2O. The van der Waals surface area contributed by atoms with Gasteiger partial charge in [-0.15, -0.1) is 0 Å². The van der Waals surface area contributed by atoms with Gasteiger partial charge in [0.15, 0.2) is 0 Å². The van der Waals surface area contributed by atoms with E-state index in [2.05, 4.69) is 17.1 Å².